The third-order valence-electron chi connectivity index (χ3n) is 5.50. The van der Waals surface area contributed by atoms with Gasteiger partial charge < -0.3 is 14.2 Å². The summed E-state index contributed by atoms with van der Waals surface area (Å²) in [4.78, 5) is 15.2. The molecule has 2 aromatic rings. The van der Waals surface area contributed by atoms with Crippen LogP contribution < -0.4 is 0 Å². The van der Waals surface area contributed by atoms with Crippen molar-refractivity contribution in [2.24, 2.45) is 0 Å². The second-order valence-electron chi connectivity index (χ2n) is 7.07. The summed E-state index contributed by atoms with van der Waals surface area (Å²) in [5.41, 5.74) is 2.30. The molecule has 0 aliphatic carbocycles. The van der Waals surface area contributed by atoms with Crippen LogP contribution in [0.4, 0.5) is 0 Å². The number of hydrogen-bond acceptors (Lipinski definition) is 4. The fourth-order valence-corrected chi connectivity index (χ4v) is 4.20. The van der Waals surface area contributed by atoms with Gasteiger partial charge >= 0.3 is 0 Å². The van der Waals surface area contributed by atoms with Crippen LogP contribution in [0.15, 0.2) is 24.3 Å². The molecule has 0 radical (unpaired) electrons. The van der Waals surface area contributed by atoms with E-state index in [9.17, 15) is 4.79 Å². The quantitative estimate of drug-likeness (QED) is 0.853. The van der Waals surface area contributed by atoms with Crippen LogP contribution in [0.5, 0.6) is 0 Å². The molecule has 4 rings (SSSR count). The van der Waals surface area contributed by atoms with Crippen LogP contribution in [-0.4, -0.2) is 44.8 Å². The van der Waals surface area contributed by atoms with E-state index < -0.39 is 0 Å². The summed E-state index contributed by atoms with van der Waals surface area (Å²) in [5, 5.41) is 8.60. The largest absolute Gasteiger partial charge is 0.377 e. The van der Waals surface area contributed by atoms with Crippen LogP contribution in [-0.2, 0) is 35.5 Å². The van der Waals surface area contributed by atoms with E-state index in [0.717, 1.165) is 43.0 Å². The molecule has 6 heteroatoms. The number of aromatic nitrogens is 3. The smallest absolute Gasteiger partial charge is 0.227 e. The molecule has 0 saturated carbocycles. The molecular formula is C19H24N4O2. The number of fused-ring (bicyclic) bond motifs is 3. The lowest BCUT2D eigenvalue weighted by molar-refractivity contribution is -0.133. The van der Waals surface area contributed by atoms with E-state index in [0.29, 0.717) is 13.0 Å². The molecule has 1 aromatic heterocycles. The van der Waals surface area contributed by atoms with E-state index in [2.05, 4.69) is 38.7 Å². The Labute approximate surface area is 147 Å². The molecule has 1 saturated heterocycles. The van der Waals surface area contributed by atoms with Crippen LogP contribution in [0.25, 0.3) is 0 Å². The van der Waals surface area contributed by atoms with E-state index in [1.165, 1.54) is 5.56 Å². The number of benzene rings is 1. The summed E-state index contributed by atoms with van der Waals surface area (Å²) in [6.07, 6.45) is 3.36. The van der Waals surface area contributed by atoms with Crippen LogP contribution in [0, 0.1) is 6.92 Å². The van der Waals surface area contributed by atoms with E-state index in [-0.39, 0.29) is 18.0 Å². The zero-order valence-electron chi connectivity index (χ0n) is 14.8. The second-order valence-corrected chi connectivity index (χ2v) is 7.07. The maximum atomic E-state index is 13.1. The molecule has 1 amide bonds. The summed E-state index contributed by atoms with van der Waals surface area (Å²) < 4.78 is 7.39. The van der Waals surface area contributed by atoms with Gasteiger partial charge in [-0.3, -0.25) is 4.79 Å². The van der Waals surface area contributed by atoms with Crippen molar-refractivity contribution in [2.45, 2.75) is 57.8 Å². The van der Waals surface area contributed by atoms with Gasteiger partial charge in [0.1, 0.15) is 12.4 Å². The highest BCUT2D eigenvalue weighted by Crippen LogP contribution is 2.32. The normalized spacial score (nSPS) is 21.9. The van der Waals surface area contributed by atoms with Gasteiger partial charge in [0.25, 0.3) is 0 Å². The molecule has 3 heterocycles. The van der Waals surface area contributed by atoms with Gasteiger partial charge in [-0.2, -0.15) is 0 Å². The van der Waals surface area contributed by atoms with Crippen LogP contribution in [0.1, 0.15) is 35.6 Å². The molecule has 2 atom stereocenters. The van der Waals surface area contributed by atoms with E-state index in [1.54, 1.807) is 7.11 Å². The van der Waals surface area contributed by atoms with Crippen molar-refractivity contribution in [3.05, 3.63) is 47.0 Å². The highest BCUT2D eigenvalue weighted by molar-refractivity contribution is 5.80. The predicted molar refractivity (Wildman–Crippen MR) is 93.0 cm³/mol. The zero-order chi connectivity index (χ0) is 17.4. The summed E-state index contributed by atoms with van der Waals surface area (Å²) in [6, 6.07) is 8.61. The van der Waals surface area contributed by atoms with Gasteiger partial charge in [-0.25, -0.2) is 0 Å². The first-order valence-corrected chi connectivity index (χ1v) is 8.93. The number of methoxy groups -OCH3 is 1. The fourth-order valence-electron chi connectivity index (χ4n) is 4.20. The molecule has 0 spiro atoms. The van der Waals surface area contributed by atoms with Crippen LogP contribution >= 0.6 is 0 Å². The fraction of sp³-hybridized carbons (Fsp3) is 0.526. The molecule has 2 bridgehead atoms. The minimum absolute atomic E-state index is 0.230. The Kier molecular flexibility index (Phi) is 4.29. The first-order chi connectivity index (χ1) is 12.2. The number of hydrogen-bond donors (Lipinski definition) is 0. The van der Waals surface area contributed by atoms with Crippen molar-refractivity contribution in [1.29, 1.82) is 0 Å². The molecule has 1 fully saturated rings. The molecule has 2 aliphatic heterocycles. The van der Waals surface area contributed by atoms with Crippen molar-refractivity contribution in [3.8, 4) is 0 Å². The van der Waals surface area contributed by atoms with Gasteiger partial charge in [-0.1, -0.05) is 24.3 Å². The first kappa shape index (κ1) is 16.3. The number of rotatable bonds is 4. The van der Waals surface area contributed by atoms with Crippen molar-refractivity contribution >= 4 is 5.91 Å². The second kappa shape index (κ2) is 6.59. The molecule has 2 unspecified atom stereocenters. The predicted octanol–water partition coefficient (Wildman–Crippen LogP) is 1.89. The molecule has 2 aliphatic rings. The maximum Gasteiger partial charge on any atom is 0.227 e. The van der Waals surface area contributed by atoms with Gasteiger partial charge in [0, 0.05) is 26.1 Å². The number of aryl methyl sites for hydroxylation is 1. The SMILES string of the molecule is COCc1nnc2n1CC1CCC(C2)N1C(=O)Cc1ccccc1C. The minimum atomic E-state index is 0.230. The lowest BCUT2D eigenvalue weighted by Crippen LogP contribution is -2.43. The third-order valence-corrected chi connectivity index (χ3v) is 5.50. The van der Waals surface area contributed by atoms with Gasteiger partial charge in [0.2, 0.25) is 5.91 Å². The van der Waals surface area contributed by atoms with E-state index >= 15 is 0 Å². The monoisotopic (exact) mass is 340 g/mol. The minimum Gasteiger partial charge on any atom is -0.377 e. The Morgan fingerprint density at radius 2 is 2.04 bits per heavy atom. The molecule has 25 heavy (non-hydrogen) atoms. The number of ether oxygens (including phenoxy) is 1. The summed E-state index contributed by atoms with van der Waals surface area (Å²) >= 11 is 0. The summed E-state index contributed by atoms with van der Waals surface area (Å²) in [7, 11) is 1.67. The number of carbonyl (C=O) groups excluding carboxylic acids is 1. The van der Waals surface area contributed by atoms with Gasteiger partial charge in [-0.15, -0.1) is 10.2 Å². The Balaban J connectivity index is 1.56. The standard InChI is InChI=1S/C19H24N4O2/c1-13-5-3-4-6-14(13)9-19(24)23-15-7-8-16(23)11-22-17(10-15)20-21-18(22)12-25-2/h3-6,15-16H,7-12H2,1-2H3. The molecule has 132 valence electrons. The average molecular weight is 340 g/mol. The third kappa shape index (κ3) is 2.95. The number of nitrogens with zero attached hydrogens (tertiary/aromatic N) is 4. The Bertz CT molecular complexity index is 785. The van der Waals surface area contributed by atoms with Crippen molar-refractivity contribution in [1.82, 2.24) is 19.7 Å². The average Bonchev–Trinajstić information content (AvgIpc) is 3.10. The molecule has 6 nitrogen and oxygen atoms in total. The van der Waals surface area contributed by atoms with Crippen LogP contribution in [0.3, 0.4) is 0 Å². The lowest BCUT2D eigenvalue weighted by atomic mass is 10.0. The summed E-state index contributed by atoms with van der Waals surface area (Å²) in [5.74, 6) is 2.07. The first-order valence-electron chi connectivity index (χ1n) is 8.93. The van der Waals surface area contributed by atoms with E-state index in [4.69, 9.17) is 4.74 Å². The van der Waals surface area contributed by atoms with Crippen molar-refractivity contribution in [3.63, 3.8) is 0 Å². The van der Waals surface area contributed by atoms with Gasteiger partial charge in [0.15, 0.2) is 5.82 Å². The Morgan fingerprint density at radius 1 is 1.24 bits per heavy atom. The number of carbonyl (C=O) groups is 1. The maximum absolute atomic E-state index is 13.1. The molecular weight excluding hydrogens is 316 g/mol. The molecule has 0 N–H and O–H groups in total. The topological polar surface area (TPSA) is 60.3 Å². The van der Waals surface area contributed by atoms with E-state index in [1.807, 2.05) is 12.1 Å². The van der Waals surface area contributed by atoms with Gasteiger partial charge in [-0.05, 0) is 30.9 Å². The highest BCUT2D eigenvalue weighted by atomic mass is 16.5. The lowest BCUT2D eigenvalue weighted by Gasteiger charge is -2.28. The van der Waals surface area contributed by atoms with Crippen molar-refractivity contribution in [2.75, 3.05) is 7.11 Å². The van der Waals surface area contributed by atoms with Crippen molar-refractivity contribution < 1.29 is 9.53 Å². The van der Waals surface area contributed by atoms with Gasteiger partial charge in [0.05, 0.1) is 12.5 Å². The summed E-state index contributed by atoms with van der Waals surface area (Å²) in [6.45, 7) is 3.30. The molecule has 1 aromatic carbocycles. The van der Waals surface area contributed by atoms with Crippen LogP contribution in [0.2, 0.25) is 0 Å². The Morgan fingerprint density at radius 3 is 2.84 bits per heavy atom. The Hall–Kier alpha value is -2.21. The zero-order valence-corrected chi connectivity index (χ0v) is 14.8. The number of amides is 1. The highest BCUT2D eigenvalue weighted by Gasteiger charge is 2.40.